The first-order valence-electron chi connectivity index (χ1n) is 6.67. The van der Waals surface area contributed by atoms with Gasteiger partial charge in [0.25, 0.3) is 0 Å². The predicted molar refractivity (Wildman–Crippen MR) is 80.1 cm³/mol. The first-order valence-corrected chi connectivity index (χ1v) is 6.67. The Kier molecular flexibility index (Phi) is 2.97. The Labute approximate surface area is 118 Å². The van der Waals surface area contributed by atoms with E-state index in [9.17, 15) is 5.11 Å². The van der Waals surface area contributed by atoms with Crippen molar-refractivity contribution in [3.05, 3.63) is 54.1 Å². The van der Waals surface area contributed by atoms with Crippen LogP contribution >= 0.6 is 0 Å². The number of hydrogen-bond donors (Lipinski definition) is 1. The lowest BCUT2D eigenvalue weighted by Gasteiger charge is -2.11. The van der Waals surface area contributed by atoms with E-state index < -0.39 is 0 Å². The summed E-state index contributed by atoms with van der Waals surface area (Å²) < 4.78 is 5.69. The molecule has 0 saturated carbocycles. The molecular formula is C17H17NO2. The smallest absolute Gasteiger partial charge is 0.221 e. The van der Waals surface area contributed by atoms with E-state index in [1.165, 1.54) is 0 Å². The molecule has 0 spiro atoms. The average molecular weight is 267 g/mol. The second-order valence-electron chi connectivity index (χ2n) is 5.58. The van der Waals surface area contributed by atoms with Crippen molar-refractivity contribution < 1.29 is 9.84 Å². The molecule has 3 heteroatoms. The fourth-order valence-electron chi connectivity index (χ4n) is 2.34. The van der Waals surface area contributed by atoms with Gasteiger partial charge in [-0.25, -0.2) is 4.99 Å². The number of rotatable bonds is 2. The van der Waals surface area contributed by atoms with E-state index in [-0.39, 0.29) is 11.3 Å². The monoisotopic (exact) mass is 267 g/mol. The first kappa shape index (κ1) is 12.7. The summed E-state index contributed by atoms with van der Waals surface area (Å²) in [4.78, 5) is 4.57. The number of phenols is 1. The van der Waals surface area contributed by atoms with Crippen LogP contribution in [0.2, 0.25) is 0 Å². The number of phenolic OH excluding ortho intramolecular Hbond substituents is 1. The van der Waals surface area contributed by atoms with Gasteiger partial charge in [-0.1, -0.05) is 42.5 Å². The van der Waals surface area contributed by atoms with Crippen molar-refractivity contribution in [3.63, 3.8) is 0 Å². The van der Waals surface area contributed by atoms with Crippen LogP contribution in [0.25, 0.3) is 11.1 Å². The van der Waals surface area contributed by atoms with Gasteiger partial charge in [-0.05, 0) is 31.0 Å². The number of nitrogens with zero attached hydrogens (tertiary/aromatic N) is 1. The number of aromatic hydroxyl groups is 1. The quantitative estimate of drug-likeness (QED) is 0.903. The molecule has 0 radical (unpaired) electrons. The van der Waals surface area contributed by atoms with Crippen molar-refractivity contribution in [1.29, 1.82) is 0 Å². The van der Waals surface area contributed by atoms with E-state index in [0.29, 0.717) is 18.1 Å². The van der Waals surface area contributed by atoms with Crippen LogP contribution in [-0.4, -0.2) is 23.2 Å². The summed E-state index contributed by atoms with van der Waals surface area (Å²) in [7, 11) is 0. The molecule has 1 aliphatic rings. The van der Waals surface area contributed by atoms with Gasteiger partial charge in [0.05, 0.1) is 11.1 Å². The number of hydrogen-bond acceptors (Lipinski definition) is 3. The third kappa shape index (κ3) is 2.27. The molecule has 0 aromatic heterocycles. The third-order valence-corrected chi connectivity index (χ3v) is 3.31. The highest BCUT2D eigenvalue weighted by Crippen LogP contribution is 2.33. The summed E-state index contributed by atoms with van der Waals surface area (Å²) in [6, 6.07) is 15.4. The summed E-state index contributed by atoms with van der Waals surface area (Å²) in [5, 5.41) is 10.2. The molecule has 2 aromatic carbocycles. The molecule has 0 fully saturated rings. The molecule has 0 atom stereocenters. The van der Waals surface area contributed by atoms with Gasteiger partial charge < -0.3 is 9.84 Å². The molecule has 1 N–H and O–H groups in total. The first-order chi connectivity index (χ1) is 9.57. The standard InChI is InChI=1S/C17H17NO2/c1-17(2)11-20-16(18-17)15-13(9-6-10-14(15)19)12-7-4-3-5-8-12/h3-10,19H,11H2,1-2H3. The van der Waals surface area contributed by atoms with Gasteiger partial charge in [0, 0.05) is 0 Å². The molecule has 0 amide bonds. The minimum Gasteiger partial charge on any atom is -0.507 e. The molecule has 0 unspecified atom stereocenters. The van der Waals surface area contributed by atoms with E-state index in [1.54, 1.807) is 6.07 Å². The Morgan fingerprint density at radius 1 is 1.05 bits per heavy atom. The van der Waals surface area contributed by atoms with Crippen molar-refractivity contribution >= 4 is 5.90 Å². The van der Waals surface area contributed by atoms with Crippen molar-refractivity contribution in [2.75, 3.05) is 6.61 Å². The van der Waals surface area contributed by atoms with Gasteiger partial charge in [-0.3, -0.25) is 0 Å². The molecule has 102 valence electrons. The fraction of sp³-hybridized carbons (Fsp3) is 0.235. The maximum absolute atomic E-state index is 10.2. The van der Waals surface area contributed by atoms with Crippen LogP contribution in [0.1, 0.15) is 19.4 Å². The van der Waals surface area contributed by atoms with Crippen molar-refractivity contribution in [1.82, 2.24) is 0 Å². The van der Waals surface area contributed by atoms with Crippen molar-refractivity contribution in [3.8, 4) is 16.9 Å². The lowest BCUT2D eigenvalue weighted by molar-refractivity contribution is 0.279. The molecule has 20 heavy (non-hydrogen) atoms. The van der Waals surface area contributed by atoms with E-state index in [2.05, 4.69) is 4.99 Å². The Hall–Kier alpha value is -2.29. The molecule has 0 aliphatic carbocycles. The Balaban J connectivity index is 2.17. The number of ether oxygens (including phenoxy) is 1. The average Bonchev–Trinajstić information content (AvgIpc) is 2.79. The normalized spacial score (nSPS) is 16.6. The van der Waals surface area contributed by atoms with Crippen LogP contribution in [0.15, 0.2) is 53.5 Å². The number of aliphatic imine (C=N–C) groups is 1. The lowest BCUT2D eigenvalue weighted by Crippen LogP contribution is -2.17. The minimum atomic E-state index is -0.244. The summed E-state index contributed by atoms with van der Waals surface area (Å²) in [5.74, 6) is 0.717. The van der Waals surface area contributed by atoms with E-state index in [1.807, 2.05) is 56.3 Å². The molecule has 2 aromatic rings. The van der Waals surface area contributed by atoms with Gasteiger partial charge in [-0.2, -0.15) is 0 Å². The van der Waals surface area contributed by atoms with E-state index in [0.717, 1.165) is 11.1 Å². The second kappa shape index (κ2) is 4.67. The Morgan fingerprint density at radius 2 is 1.80 bits per heavy atom. The molecular weight excluding hydrogens is 250 g/mol. The zero-order valence-electron chi connectivity index (χ0n) is 11.6. The predicted octanol–water partition coefficient (Wildman–Crippen LogP) is 3.61. The molecule has 0 saturated heterocycles. The Morgan fingerprint density at radius 3 is 2.45 bits per heavy atom. The summed E-state index contributed by atoms with van der Waals surface area (Å²) in [5.41, 5.74) is 2.40. The highest BCUT2D eigenvalue weighted by atomic mass is 16.5. The van der Waals surface area contributed by atoms with Crippen LogP contribution in [0.4, 0.5) is 0 Å². The SMILES string of the molecule is CC1(C)COC(c2c(O)cccc2-c2ccccc2)=N1. The largest absolute Gasteiger partial charge is 0.507 e. The molecule has 1 aliphatic heterocycles. The Bertz CT molecular complexity index is 660. The second-order valence-corrected chi connectivity index (χ2v) is 5.58. The number of benzene rings is 2. The van der Waals surface area contributed by atoms with Crippen LogP contribution < -0.4 is 0 Å². The topological polar surface area (TPSA) is 41.8 Å². The van der Waals surface area contributed by atoms with Crippen molar-refractivity contribution in [2.45, 2.75) is 19.4 Å². The van der Waals surface area contributed by atoms with Gasteiger partial charge in [0.2, 0.25) is 5.90 Å². The van der Waals surface area contributed by atoms with E-state index >= 15 is 0 Å². The van der Waals surface area contributed by atoms with Gasteiger partial charge in [0.1, 0.15) is 12.4 Å². The van der Waals surface area contributed by atoms with Crippen LogP contribution in [0.5, 0.6) is 5.75 Å². The van der Waals surface area contributed by atoms with Crippen LogP contribution in [0.3, 0.4) is 0 Å². The highest BCUT2D eigenvalue weighted by Gasteiger charge is 2.29. The molecule has 3 nitrogen and oxygen atoms in total. The summed E-state index contributed by atoms with van der Waals surface area (Å²) >= 11 is 0. The van der Waals surface area contributed by atoms with Gasteiger partial charge >= 0.3 is 0 Å². The minimum absolute atomic E-state index is 0.197. The molecule has 3 rings (SSSR count). The van der Waals surface area contributed by atoms with Gasteiger partial charge in [-0.15, -0.1) is 0 Å². The zero-order chi connectivity index (χ0) is 14.2. The van der Waals surface area contributed by atoms with Crippen molar-refractivity contribution in [2.24, 2.45) is 4.99 Å². The van der Waals surface area contributed by atoms with Crippen LogP contribution in [0, 0.1) is 0 Å². The summed E-state index contributed by atoms with van der Waals surface area (Å²) in [6.45, 7) is 4.56. The lowest BCUT2D eigenvalue weighted by atomic mass is 9.98. The maximum Gasteiger partial charge on any atom is 0.221 e. The fourth-order valence-corrected chi connectivity index (χ4v) is 2.34. The maximum atomic E-state index is 10.2. The molecule has 0 bridgehead atoms. The van der Waals surface area contributed by atoms with Gasteiger partial charge in [0.15, 0.2) is 0 Å². The molecule has 1 heterocycles. The van der Waals surface area contributed by atoms with E-state index in [4.69, 9.17) is 4.74 Å². The highest BCUT2D eigenvalue weighted by molar-refractivity contribution is 6.04. The van der Waals surface area contributed by atoms with Crippen LogP contribution in [-0.2, 0) is 4.74 Å². The zero-order valence-corrected chi connectivity index (χ0v) is 11.6. The summed E-state index contributed by atoms with van der Waals surface area (Å²) in [6.07, 6.45) is 0. The third-order valence-electron chi connectivity index (χ3n) is 3.31.